The number of hydrogen-bond acceptors (Lipinski definition) is 11. The molecule has 0 saturated carbocycles. The molecule has 0 aliphatic carbocycles. The fraction of sp³-hybridized carbons (Fsp3) is 0.310. The first kappa shape index (κ1) is 29.4. The number of para-hydroxylation sites is 1. The number of carbonyl (C=O) groups excluding carboxylic acids is 2. The molecule has 0 fully saturated rings. The molecule has 0 spiro atoms. The van der Waals surface area contributed by atoms with E-state index in [-0.39, 0.29) is 30.3 Å². The first-order valence-corrected chi connectivity index (χ1v) is 13.6. The Balaban J connectivity index is 1.92. The van der Waals surface area contributed by atoms with Crippen LogP contribution in [0.25, 0.3) is 6.08 Å². The summed E-state index contributed by atoms with van der Waals surface area (Å²) in [4.78, 5) is 43.6. The summed E-state index contributed by atoms with van der Waals surface area (Å²) in [5.41, 5.74) is 1.10. The summed E-state index contributed by atoms with van der Waals surface area (Å²) in [5.74, 6) is -0.403. The molecule has 1 aromatic heterocycles. The van der Waals surface area contributed by atoms with Gasteiger partial charge in [-0.05, 0) is 50.6 Å². The van der Waals surface area contributed by atoms with Crippen molar-refractivity contribution in [2.45, 2.75) is 26.8 Å². The van der Waals surface area contributed by atoms with Crippen molar-refractivity contribution in [3.63, 3.8) is 0 Å². The Morgan fingerprint density at radius 2 is 1.85 bits per heavy atom. The molecule has 0 unspecified atom stereocenters. The van der Waals surface area contributed by atoms with Gasteiger partial charge in [0.05, 0.1) is 49.3 Å². The highest BCUT2D eigenvalue weighted by Crippen LogP contribution is 2.36. The average Bonchev–Trinajstić information content (AvgIpc) is 3.26. The van der Waals surface area contributed by atoms with Gasteiger partial charge in [-0.15, -0.1) is 0 Å². The van der Waals surface area contributed by atoms with Gasteiger partial charge in [0, 0.05) is 5.56 Å². The molecule has 0 bridgehead atoms. The lowest BCUT2D eigenvalue weighted by molar-refractivity contribution is -0.143. The molecule has 1 N–H and O–H groups in total. The molecule has 12 heteroatoms. The number of hydrogen-bond donors (Lipinski definition) is 1. The van der Waals surface area contributed by atoms with Gasteiger partial charge in [-0.3, -0.25) is 9.36 Å². The van der Waals surface area contributed by atoms with Crippen LogP contribution in [0.2, 0.25) is 0 Å². The molecular weight excluding hydrogens is 552 g/mol. The van der Waals surface area contributed by atoms with Crippen LogP contribution in [0.15, 0.2) is 57.5 Å². The van der Waals surface area contributed by atoms with E-state index in [9.17, 15) is 19.5 Å². The van der Waals surface area contributed by atoms with Crippen LogP contribution in [0.5, 0.6) is 23.0 Å². The average molecular weight is 583 g/mol. The Labute approximate surface area is 239 Å². The number of nitrogens with zero attached hydrogens (tertiary/aromatic N) is 2. The number of fused-ring (bicyclic) bond motifs is 1. The number of allylic oxidation sites excluding steroid dienone is 1. The quantitative estimate of drug-likeness (QED) is 0.358. The Kier molecular flexibility index (Phi) is 9.13. The predicted molar refractivity (Wildman–Crippen MR) is 150 cm³/mol. The molecule has 1 aliphatic rings. The van der Waals surface area contributed by atoms with Gasteiger partial charge in [0.2, 0.25) is 0 Å². The fourth-order valence-corrected chi connectivity index (χ4v) is 5.38. The summed E-state index contributed by atoms with van der Waals surface area (Å²) >= 11 is 1.12. The summed E-state index contributed by atoms with van der Waals surface area (Å²) in [6, 6.07) is 9.01. The number of methoxy groups -OCH3 is 2. The molecule has 3 aromatic rings. The minimum absolute atomic E-state index is 0.107. The van der Waals surface area contributed by atoms with Crippen molar-refractivity contribution in [3.8, 4) is 23.0 Å². The Morgan fingerprint density at radius 3 is 2.54 bits per heavy atom. The number of phenols is 1. The van der Waals surface area contributed by atoms with Crippen LogP contribution in [0, 0.1) is 0 Å². The maximum absolute atomic E-state index is 13.9. The van der Waals surface area contributed by atoms with E-state index in [2.05, 4.69) is 9.73 Å². The second-order valence-electron chi connectivity index (χ2n) is 8.70. The van der Waals surface area contributed by atoms with Crippen molar-refractivity contribution in [2.75, 3.05) is 34.0 Å². The summed E-state index contributed by atoms with van der Waals surface area (Å²) in [6.07, 6.45) is 1.55. The molecule has 0 saturated heterocycles. The van der Waals surface area contributed by atoms with E-state index in [0.717, 1.165) is 11.3 Å². The lowest BCUT2D eigenvalue weighted by Gasteiger charge is -2.25. The van der Waals surface area contributed by atoms with Gasteiger partial charge in [0.1, 0.15) is 0 Å². The number of thiazole rings is 1. The molecule has 1 atom stereocenters. The van der Waals surface area contributed by atoms with E-state index >= 15 is 0 Å². The molecule has 0 amide bonds. The van der Waals surface area contributed by atoms with E-state index in [1.807, 2.05) is 0 Å². The lowest BCUT2D eigenvalue weighted by atomic mass is 9.95. The molecule has 2 aromatic carbocycles. The smallest absolute Gasteiger partial charge is 0.343 e. The van der Waals surface area contributed by atoms with Gasteiger partial charge in [-0.2, -0.15) is 0 Å². The van der Waals surface area contributed by atoms with Gasteiger partial charge in [0.15, 0.2) is 34.4 Å². The van der Waals surface area contributed by atoms with Crippen LogP contribution in [0.4, 0.5) is 0 Å². The molecule has 2 heterocycles. The molecule has 0 radical (unpaired) electrons. The number of aromatic hydroxyl groups is 1. The van der Waals surface area contributed by atoms with Crippen molar-refractivity contribution in [3.05, 3.63) is 78.5 Å². The lowest BCUT2D eigenvalue weighted by Crippen LogP contribution is -2.40. The van der Waals surface area contributed by atoms with Crippen molar-refractivity contribution in [2.24, 2.45) is 4.99 Å². The zero-order chi connectivity index (χ0) is 29.7. The topological polar surface area (TPSA) is 135 Å². The Bertz CT molecular complexity index is 1690. The summed E-state index contributed by atoms with van der Waals surface area (Å²) in [7, 11) is 2.70. The minimum Gasteiger partial charge on any atom is -0.504 e. The van der Waals surface area contributed by atoms with Crippen molar-refractivity contribution in [1.82, 2.24) is 4.57 Å². The highest BCUT2D eigenvalue weighted by Gasteiger charge is 2.34. The summed E-state index contributed by atoms with van der Waals surface area (Å²) in [6.45, 7) is 5.27. The molecule has 4 rings (SSSR count). The van der Waals surface area contributed by atoms with E-state index < -0.39 is 23.5 Å². The van der Waals surface area contributed by atoms with Crippen LogP contribution in [0.1, 0.15) is 37.9 Å². The Morgan fingerprint density at radius 1 is 1.07 bits per heavy atom. The van der Waals surface area contributed by atoms with Crippen LogP contribution in [0.3, 0.4) is 0 Å². The second-order valence-corrected chi connectivity index (χ2v) is 9.71. The second kappa shape index (κ2) is 12.7. The number of ether oxygens (including phenoxy) is 5. The number of aromatic nitrogens is 1. The van der Waals surface area contributed by atoms with E-state index in [1.165, 1.54) is 18.8 Å². The largest absolute Gasteiger partial charge is 0.504 e. The molecular formula is C29H30N2O9S. The van der Waals surface area contributed by atoms with Crippen molar-refractivity contribution < 1.29 is 38.4 Å². The van der Waals surface area contributed by atoms with Crippen molar-refractivity contribution in [1.29, 1.82) is 0 Å². The van der Waals surface area contributed by atoms with Gasteiger partial charge in [-0.1, -0.05) is 29.5 Å². The summed E-state index contributed by atoms with van der Waals surface area (Å²) in [5, 5.41) is 10.6. The molecule has 11 nitrogen and oxygen atoms in total. The van der Waals surface area contributed by atoms with Gasteiger partial charge in [-0.25, -0.2) is 14.6 Å². The molecule has 41 heavy (non-hydrogen) atoms. The number of benzene rings is 2. The van der Waals surface area contributed by atoms with Gasteiger partial charge in [0.25, 0.3) is 5.56 Å². The summed E-state index contributed by atoms with van der Waals surface area (Å²) < 4.78 is 28.3. The number of carbonyl (C=O) groups is 2. The first-order valence-electron chi connectivity index (χ1n) is 12.8. The monoisotopic (exact) mass is 582 g/mol. The standard InChI is InChI=1S/C29H30N2O9S/c1-6-38-21-13-17(11-12-19(21)40-15-23(32)37-5)25-24(28(35)39-7-2)16(3)30-29-31(25)27(34)22(41-29)14-18-9-8-10-20(36-4)26(18)33/h8-14,25,33H,6-7,15H2,1-5H3/b22-14+/t25-/m0/s1. The van der Waals surface area contributed by atoms with Crippen LogP contribution in [-0.4, -0.2) is 55.7 Å². The SMILES string of the molecule is CCOC(=O)C1=C(C)N=c2s/c(=C/c3cccc(OC)c3O)c(=O)n2[C@H]1c1ccc(OCC(=O)OC)c(OCC)c1. The number of esters is 2. The van der Waals surface area contributed by atoms with Crippen LogP contribution in [-0.2, 0) is 19.1 Å². The normalized spacial score (nSPS) is 14.7. The fourth-order valence-electron chi connectivity index (χ4n) is 4.35. The van der Waals surface area contributed by atoms with Gasteiger partial charge >= 0.3 is 11.9 Å². The maximum Gasteiger partial charge on any atom is 0.343 e. The Hall–Kier alpha value is -4.58. The zero-order valence-corrected chi connectivity index (χ0v) is 24.1. The van der Waals surface area contributed by atoms with Crippen LogP contribution < -0.4 is 29.1 Å². The zero-order valence-electron chi connectivity index (χ0n) is 23.3. The van der Waals surface area contributed by atoms with E-state index in [0.29, 0.717) is 44.3 Å². The highest BCUT2D eigenvalue weighted by atomic mass is 32.1. The maximum atomic E-state index is 13.9. The third-order valence-corrected chi connectivity index (χ3v) is 7.19. The minimum atomic E-state index is -0.903. The highest BCUT2D eigenvalue weighted by molar-refractivity contribution is 7.07. The first-order chi connectivity index (χ1) is 19.7. The van der Waals surface area contributed by atoms with E-state index in [1.54, 1.807) is 63.2 Å². The van der Waals surface area contributed by atoms with Gasteiger partial charge < -0.3 is 28.8 Å². The third-order valence-electron chi connectivity index (χ3n) is 6.21. The number of rotatable bonds is 10. The van der Waals surface area contributed by atoms with Crippen molar-refractivity contribution >= 4 is 29.4 Å². The predicted octanol–water partition coefficient (Wildman–Crippen LogP) is 2.46. The van der Waals surface area contributed by atoms with E-state index in [4.69, 9.17) is 18.9 Å². The third kappa shape index (κ3) is 5.97. The van der Waals surface area contributed by atoms with Crippen LogP contribution >= 0.6 is 11.3 Å². The molecule has 1 aliphatic heterocycles. The number of phenolic OH excluding ortho intramolecular Hbond substituents is 1. The molecule has 216 valence electrons.